The van der Waals surface area contributed by atoms with Gasteiger partial charge >= 0.3 is 0 Å². The predicted molar refractivity (Wildman–Crippen MR) is 109 cm³/mol. The topological polar surface area (TPSA) is 24.9 Å². The molecule has 2 rings (SSSR count). The molecule has 0 radical (unpaired) electrons. The van der Waals surface area contributed by atoms with Gasteiger partial charge in [0.05, 0.1) is 6.10 Å². The van der Waals surface area contributed by atoms with Gasteiger partial charge in [0.1, 0.15) is 0 Å². The van der Waals surface area contributed by atoms with Crippen molar-refractivity contribution >= 4 is 0 Å². The Balaban J connectivity index is 0.000000421. The van der Waals surface area contributed by atoms with Crippen LogP contribution in [-0.4, -0.2) is 76.0 Å². The molecule has 25 heavy (non-hydrogen) atoms. The molecule has 0 aromatic carbocycles. The van der Waals surface area contributed by atoms with Crippen LogP contribution in [-0.2, 0) is 9.47 Å². The second kappa shape index (κ2) is 16.0. The normalized spacial score (nSPS) is 20.6. The van der Waals surface area contributed by atoms with Gasteiger partial charge in [-0.05, 0) is 71.6 Å². The van der Waals surface area contributed by atoms with Crippen molar-refractivity contribution in [2.75, 3.05) is 60.1 Å². The van der Waals surface area contributed by atoms with Gasteiger partial charge in [0.15, 0.2) is 0 Å². The molecular weight excluding hydrogens is 312 g/mol. The largest absolute Gasteiger partial charge is 0.381 e. The Morgan fingerprint density at radius 1 is 0.880 bits per heavy atom. The van der Waals surface area contributed by atoms with Gasteiger partial charge in [-0.3, -0.25) is 0 Å². The Bertz CT molecular complexity index is 268. The van der Waals surface area contributed by atoms with Gasteiger partial charge in [-0.1, -0.05) is 27.7 Å². The molecule has 2 aliphatic rings. The minimum atomic E-state index is 0.531. The summed E-state index contributed by atoms with van der Waals surface area (Å²) in [7, 11) is 4.37. The highest BCUT2D eigenvalue weighted by Gasteiger charge is 2.17. The summed E-state index contributed by atoms with van der Waals surface area (Å²) in [6.45, 7) is 18.1. The minimum Gasteiger partial charge on any atom is -0.381 e. The maximum absolute atomic E-state index is 5.77. The number of ether oxygens (including phenoxy) is 2. The van der Waals surface area contributed by atoms with Crippen molar-refractivity contribution in [1.29, 1.82) is 0 Å². The van der Waals surface area contributed by atoms with E-state index in [2.05, 4.69) is 44.7 Å². The zero-order valence-electron chi connectivity index (χ0n) is 18.2. The van der Waals surface area contributed by atoms with E-state index in [1.807, 2.05) is 13.8 Å². The van der Waals surface area contributed by atoms with Crippen LogP contribution in [0.5, 0.6) is 0 Å². The molecule has 0 atom stereocenters. The molecule has 4 nitrogen and oxygen atoms in total. The monoisotopic (exact) mass is 358 g/mol. The van der Waals surface area contributed by atoms with E-state index in [1.165, 1.54) is 51.9 Å². The van der Waals surface area contributed by atoms with E-state index in [4.69, 9.17) is 9.47 Å². The Morgan fingerprint density at radius 3 is 1.80 bits per heavy atom. The molecule has 0 spiro atoms. The van der Waals surface area contributed by atoms with Gasteiger partial charge in [0, 0.05) is 32.9 Å². The van der Waals surface area contributed by atoms with Crippen molar-refractivity contribution in [2.24, 2.45) is 11.8 Å². The molecule has 2 aliphatic heterocycles. The second-order valence-electron chi connectivity index (χ2n) is 7.64. The van der Waals surface area contributed by atoms with Gasteiger partial charge in [0.2, 0.25) is 0 Å². The van der Waals surface area contributed by atoms with Crippen molar-refractivity contribution in [3.8, 4) is 0 Å². The fourth-order valence-electron chi connectivity index (χ4n) is 2.99. The summed E-state index contributed by atoms with van der Waals surface area (Å²) in [5.41, 5.74) is 0. The smallest absolute Gasteiger partial charge is 0.0599 e. The van der Waals surface area contributed by atoms with Crippen LogP contribution < -0.4 is 0 Å². The average molecular weight is 359 g/mol. The maximum atomic E-state index is 5.77. The van der Waals surface area contributed by atoms with Crippen molar-refractivity contribution in [3.63, 3.8) is 0 Å². The zero-order chi connectivity index (χ0) is 19.1. The summed E-state index contributed by atoms with van der Waals surface area (Å²) in [6.07, 6.45) is 5.59. The Morgan fingerprint density at radius 2 is 1.36 bits per heavy atom. The third-order valence-electron chi connectivity index (χ3n) is 4.73. The van der Waals surface area contributed by atoms with E-state index in [-0.39, 0.29) is 0 Å². The quantitative estimate of drug-likeness (QED) is 0.712. The molecule has 0 aliphatic carbocycles. The van der Waals surface area contributed by atoms with Gasteiger partial charge in [-0.25, -0.2) is 0 Å². The van der Waals surface area contributed by atoms with Crippen LogP contribution in [0.3, 0.4) is 0 Å². The van der Waals surface area contributed by atoms with E-state index in [9.17, 15) is 0 Å². The molecule has 0 unspecified atom stereocenters. The molecule has 4 heteroatoms. The van der Waals surface area contributed by atoms with Crippen LogP contribution in [0.2, 0.25) is 0 Å². The fraction of sp³-hybridized carbons (Fsp3) is 1.00. The number of rotatable bonds is 6. The van der Waals surface area contributed by atoms with E-state index >= 15 is 0 Å². The minimum absolute atomic E-state index is 0.531. The zero-order valence-corrected chi connectivity index (χ0v) is 18.2. The van der Waals surface area contributed by atoms with E-state index in [1.54, 1.807) is 0 Å². The van der Waals surface area contributed by atoms with E-state index in [0.717, 1.165) is 25.7 Å². The lowest BCUT2D eigenvalue weighted by molar-refractivity contribution is -0.000103. The first-order chi connectivity index (χ1) is 12.0. The molecule has 2 fully saturated rings. The van der Waals surface area contributed by atoms with Gasteiger partial charge < -0.3 is 19.3 Å². The van der Waals surface area contributed by atoms with Crippen molar-refractivity contribution in [3.05, 3.63) is 0 Å². The summed E-state index contributed by atoms with van der Waals surface area (Å²) in [6, 6.07) is 0. The summed E-state index contributed by atoms with van der Waals surface area (Å²) in [5.74, 6) is 1.50. The summed E-state index contributed by atoms with van der Waals surface area (Å²) in [5, 5.41) is 0. The van der Waals surface area contributed by atoms with Crippen molar-refractivity contribution in [1.82, 2.24) is 9.80 Å². The predicted octanol–water partition coefficient (Wildman–Crippen LogP) is 4.14. The lowest BCUT2D eigenvalue weighted by Gasteiger charge is -2.29. The lowest BCUT2D eigenvalue weighted by atomic mass is 9.98. The molecular formula is C21H46N2O2. The third kappa shape index (κ3) is 13.7. The standard InChI is InChI=1S/C10H21NO.C9H19NO.C2H6/c1-9(2)8-12-10-4-6-11(3)7-5-10;1-3-11-8-9-4-6-10(2)7-5-9;1-2/h9-10H,4-8H2,1-3H3;9H,3-8H2,1-2H3;1-2H3. The Hall–Kier alpha value is -0.160. The molecule has 0 saturated carbocycles. The second-order valence-corrected chi connectivity index (χ2v) is 7.64. The van der Waals surface area contributed by atoms with Crippen LogP contribution in [0, 0.1) is 11.8 Å². The maximum Gasteiger partial charge on any atom is 0.0599 e. The van der Waals surface area contributed by atoms with Gasteiger partial charge in [-0.15, -0.1) is 0 Å². The highest BCUT2D eigenvalue weighted by atomic mass is 16.5. The van der Waals surface area contributed by atoms with Crippen molar-refractivity contribution < 1.29 is 9.47 Å². The number of likely N-dealkylation sites (tertiary alicyclic amines) is 2. The van der Waals surface area contributed by atoms with E-state index < -0.39 is 0 Å². The summed E-state index contributed by atoms with van der Waals surface area (Å²) >= 11 is 0. The summed E-state index contributed by atoms with van der Waals surface area (Å²) in [4.78, 5) is 4.76. The number of hydrogen-bond acceptors (Lipinski definition) is 4. The fourth-order valence-corrected chi connectivity index (χ4v) is 2.99. The van der Waals surface area contributed by atoms with Crippen LogP contribution in [0.25, 0.3) is 0 Å². The van der Waals surface area contributed by atoms with E-state index in [0.29, 0.717) is 12.0 Å². The molecule has 152 valence electrons. The molecule has 0 N–H and O–H groups in total. The number of piperidine rings is 2. The first-order valence-electron chi connectivity index (χ1n) is 10.6. The number of hydrogen-bond donors (Lipinski definition) is 0. The first kappa shape index (κ1) is 24.8. The highest BCUT2D eigenvalue weighted by molar-refractivity contribution is 4.70. The molecule has 0 amide bonds. The van der Waals surface area contributed by atoms with Crippen molar-refractivity contribution in [2.45, 2.75) is 66.4 Å². The van der Waals surface area contributed by atoms with Gasteiger partial charge in [0.25, 0.3) is 0 Å². The number of nitrogens with zero attached hydrogens (tertiary/aromatic N) is 2. The SMILES string of the molecule is CC.CC(C)COC1CCN(C)CC1.CCOCC1CCN(C)CC1. The average Bonchev–Trinajstić information content (AvgIpc) is 2.63. The third-order valence-corrected chi connectivity index (χ3v) is 4.73. The Labute approximate surface area is 158 Å². The highest BCUT2D eigenvalue weighted by Crippen LogP contribution is 2.15. The van der Waals surface area contributed by atoms with Crippen LogP contribution >= 0.6 is 0 Å². The van der Waals surface area contributed by atoms with Crippen LogP contribution in [0.1, 0.15) is 60.3 Å². The Kier molecular flexibility index (Phi) is 15.9. The molecule has 2 heterocycles. The molecule has 0 bridgehead atoms. The summed E-state index contributed by atoms with van der Waals surface area (Å²) < 4.78 is 11.2. The molecule has 0 aromatic rings. The molecule has 2 saturated heterocycles. The lowest BCUT2D eigenvalue weighted by Crippen LogP contribution is -2.34. The van der Waals surface area contributed by atoms with Crippen LogP contribution in [0.4, 0.5) is 0 Å². The van der Waals surface area contributed by atoms with Crippen LogP contribution in [0.15, 0.2) is 0 Å². The molecule has 0 aromatic heterocycles. The first-order valence-corrected chi connectivity index (χ1v) is 10.6. The van der Waals surface area contributed by atoms with Gasteiger partial charge in [-0.2, -0.15) is 0 Å².